The molecule has 1 rings (SSSR count). The van der Waals surface area contributed by atoms with E-state index in [-0.39, 0.29) is 17.7 Å². The quantitative estimate of drug-likeness (QED) is 0.867. The van der Waals surface area contributed by atoms with Crippen LogP contribution in [0.4, 0.5) is 4.79 Å². The maximum absolute atomic E-state index is 11.6. The third-order valence-corrected chi connectivity index (χ3v) is 3.45. The summed E-state index contributed by atoms with van der Waals surface area (Å²) in [4.78, 5) is 28.1. The highest BCUT2D eigenvalue weighted by Crippen LogP contribution is 2.30. The van der Waals surface area contributed by atoms with Crippen molar-refractivity contribution in [2.45, 2.75) is 58.5 Å². The predicted octanol–water partition coefficient (Wildman–Crippen LogP) is 2.43. The van der Waals surface area contributed by atoms with Crippen molar-refractivity contribution in [2.75, 3.05) is 0 Å². The average molecular weight is 297 g/mol. The van der Waals surface area contributed by atoms with E-state index in [1.165, 1.54) is 11.2 Å². The van der Waals surface area contributed by atoms with Crippen molar-refractivity contribution < 1.29 is 19.1 Å². The summed E-state index contributed by atoms with van der Waals surface area (Å²) in [6, 6.07) is -0.355. The molecule has 1 heterocycles. The number of nitrogens with zero attached hydrogens (tertiary/aromatic N) is 2. The van der Waals surface area contributed by atoms with Crippen LogP contribution in [0.15, 0.2) is 10.7 Å². The van der Waals surface area contributed by atoms with Gasteiger partial charge in [0.2, 0.25) is 0 Å². The molecule has 0 spiro atoms. The van der Waals surface area contributed by atoms with Crippen LogP contribution in [0.1, 0.15) is 63.3 Å². The number of carboxylic acid groups (broad SMARTS) is 1. The van der Waals surface area contributed by atoms with Crippen LogP contribution in [0.3, 0.4) is 0 Å². The lowest BCUT2D eigenvalue weighted by Crippen LogP contribution is -2.52. The van der Waals surface area contributed by atoms with Gasteiger partial charge in [0.05, 0.1) is 5.92 Å². The lowest BCUT2D eigenvalue weighted by Gasteiger charge is -2.40. The summed E-state index contributed by atoms with van der Waals surface area (Å²) in [5.74, 6) is -0.596. The van der Waals surface area contributed by atoms with Crippen LogP contribution in [-0.2, 0) is 0 Å². The van der Waals surface area contributed by atoms with E-state index in [4.69, 9.17) is 10.2 Å². The highest BCUT2D eigenvalue weighted by molar-refractivity contribution is 5.90. The Balaban J connectivity index is 3.12. The fraction of sp³-hybridized carbons (Fsp3) is 0.643. The molecule has 0 aliphatic carbocycles. The number of primary amides is 1. The first-order valence-electron chi connectivity index (χ1n) is 6.87. The van der Waals surface area contributed by atoms with Crippen molar-refractivity contribution in [3.05, 3.63) is 17.8 Å². The van der Waals surface area contributed by atoms with E-state index in [1.54, 1.807) is 0 Å². The number of hydrogen-bond acceptors (Lipinski definition) is 4. The summed E-state index contributed by atoms with van der Waals surface area (Å²) >= 11 is 0. The number of oxazole rings is 1. The molecule has 0 aromatic carbocycles. The first-order valence-corrected chi connectivity index (χ1v) is 6.87. The lowest BCUT2D eigenvalue weighted by molar-refractivity contribution is 0.0627. The molecule has 1 aromatic heterocycles. The Morgan fingerprint density at radius 3 is 2.38 bits per heavy atom. The summed E-state index contributed by atoms with van der Waals surface area (Å²) in [5.41, 5.74) is 4.65. The number of aromatic nitrogens is 1. The Kier molecular flexibility index (Phi) is 4.98. The number of rotatable bonds is 5. The van der Waals surface area contributed by atoms with Crippen LogP contribution < -0.4 is 5.73 Å². The van der Waals surface area contributed by atoms with Crippen molar-refractivity contribution >= 4 is 12.0 Å². The van der Waals surface area contributed by atoms with Gasteiger partial charge in [0.15, 0.2) is 11.6 Å². The lowest BCUT2D eigenvalue weighted by atomic mass is 9.93. The van der Waals surface area contributed by atoms with Gasteiger partial charge >= 0.3 is 6.09 Å². The predicted molar refractivity (Wildman–Crippen MR) is 77.1 cm³/mol. The molecule has 0 aliphatic rings. The monoisotopic (exact) mass is 297 g/mol. The molecule has 21 heavy (non-hydrogen) atoms. The van der Waals surface area contributed by atoms with E-state index in [1.807, 2.05) is 34.6 Å². The van der Waals surface area contributed by atoms with Gasteiger partial charge in [-0.2, -0.15) is 0 Å². The highest BCUT2D eigenvalue weighted by Gasteiger charge is 2.36. The number of nitrogens with two attached hydrogens (primary N) is 1. The van der Waals surface area contributed by atoms with Crippen LogP contribution in [0, 0.1) is 0 Å². The maximum Gasteiger partial charge on any atom is 0.407 e. The van der Waals surface area contributed by atoms with Crippen LogP contribution in [0.2, 0.25) is 0 Å². The van der Waals surface area contributed by atoms with E-state index >= 15 is 0 Å². The van der Waals surface area contributed by atoms with Gasteiger partial charge < -0.3 is 20.2 Å². The second-order valence-electron chi connectivity index (χ2n) is 6.01. The fourth-order valence-electron chi connectivity index (χ4n) is 2.55. The van der Waals surface area contributed by atoms with Crippen molar-refractivity contribution in [3.8, 4) is 0 Å². The van der Waals surface area contributed by atoms with Gasteiger partial charge in [0.1, 0.15) is 6.26 Å². The Morgan fingerprint density at radius 1 is 1.48 bits per heavy atom. The minimum Gasteiger partial charge on any atom is -0.465 e. The molecule has 7 nitrogen and oxygen atoms in total. The molecule has 1 aromatic rings. The normalized spacial score (nSPS) is 14.5. The molecule has 2 amide bonds. The molecule has 118 valence electrons. The first kappa shape index (κ1) is 17.0. The van der Waals surface area contributed by atoms with Crippen molar-refractivity contribution in [2.24, 2.45) is 5.73 Å². The molecule has 7 heteroatoms. The molecule has 0 radical (unpaired) electrons. The van der Waals surface area contributed by atoms with Crippen molar-refractivity contribution in [3.63, 3.8) is 0 Å². The Hall–Kier alpha value is -2.05. The van der Waals surface area contributed by atoms with Crippen LogP contribution in [-0.4, -0.2) is 38.6 Å². The molecule has 3 N–H and O–H groups in total. The largest absolute Gasteiger partial charge is 0.465 e. The van der Waals surface area contributed by atoms with Crippen LogP contribution in [0.5, 0.6) is 0 Å². The van der Waals surface area contributed by atoms with Crippen molar-refractivity contribution in [1.29, 1.82) is 0 Å². The van der Waals surface area contributed by atoms with Gasteiger partial charge in [-0.1, -0.05) is 6.92 Å². The topological polar surface area (TPSA) is 110 Å². The third-order valence-electron chi connectivity index (χ3n) is 3.45. The zero-order valence-electron chi connectivity index (χ0n) is 13.1. The minimum atomic E-state index is -1.00. The smallest absolute Gasteiger partial charge is 0.407 e. The molecule has 2 atom stereocenters. The van der Waals surface area contributed by atoms with Gasteiger partial charge in [-0.05, 0) is 34.1 Å². The van der Waals surface area contributed by atoms with Crippen LogP contribution in [0.25, 0.3) is 0 Å². The number of carbonyl (C=O) groups is 2. The zero-order valence-corrected chi connectivity index (χ0v) is 13.1. The van der Waals surface area contributed by atoms with Gasteiger partial charge in [-0.25, -0.2) is 9.78 Å². The van der Waals surface area contributed by atoms with E-state index in [2.05, 4.69) is 4.98 Å². The molecule has 0 saturated heterocycles. The van der Waals surface area contributed by atoms with Crippen molar-refractivity contribution in [1.82, 2.24) is 9.88 Å². The summed E-state index contributed by atoms with van der Waals surface area (Å²) in [6.07, 6.45) is 0.824. The first-order chi connectivity index (χ1) is 9.59. The molecule has 0 bridgehead atoms. The summed E-state index contributed by atoms with van der Waals surface area (Å²) in [6.45, 7) is 9.21. The average Bonchev–Trinajstić information content (AvgIpc) is 2.76. The maximum atomic E-state index is 11.6. The van der Waals surface area contributed by atoms with E-state index < -0.39 is 17.5 Å². The molecular weight excluding hydrogens is 274 g/mol. The Morgan fingerprint density at radius 2 is 2.05 bits per heavy atom. The highest BCUT2D eigenvalue weighted by atomic mass is 16.4. The number of carbonyl (C=O) groups excluding carboxylic acids is 1. The Bertz CT molecular complexity index is 519. The second-order valence-corrected chi connectivity index (χ2v) is 6.01. The molecule has 0 saturated carbocycles. The zero-order chi connectivity index (χ0) is 16.4. The third kappa shape index (κ3) is 3.74. The van der Waals surface area contributed by atoms with Gasteiger partial charge in [-0.3, -0.25) is 4.79 Å². The van der Waals surface area contributed by atoms with Crippen LogP contribution >= 0.6 is 0 Å². The number of amides is 2. The Labute approximate surface area is 124 Å². The summed E-state index contributed by atoms with van der Waals surface area (Å²) in [5, 5.41) is 9.46. The van der Waals surface area contributed by atoms with Gasteiger partial charge in [0.25, 0.3) is 5.91 Å². The summed E-state index contributed by atoms with van der Waals surface area (Å²) < 4.78 is 5.31. The molecule has 0 unspecified atom stereocenters. The standard InChI is InChI=1S/C14H23N3O4/c1-6-9(12-16-10(7-21-12)11(15)18)8(2)17(13(19)20)14(3,4)5/h7-9H,6H2,1-5H3,(H2,15,18)(H,19,20)/t8-,9-/m1/s1. The van der Waals surface area contributed by atoms with E-state index in [9.17, 15) is 14.7 Å². The van der Waals surface area contributed by atoms with Gasteiger partial charge in [0, 0.05) is 11.6 Å². The van der Waals surface area contributed by atoms with Gasteiger partial charge in [-0.15, -0.1) is 0 Å². The van der Waals surface area contributed by atoms with E-state index in [0.717, 1.165) is 0 Å². The molecule has 0 aliphatic heterocycles. The fourth-order valence-corrected chi connectivity index (χ4v) is 2.55. The minimum absolute atomic E-state index is 0.0493. The SMILES string of the molecule is CC[C@@H](c1nc(C(N)=O)co1)[C@@H](C)N(C(=O)O)C(C)(C)C. The molecular formula is C14H23N3O4. The van der Waals surface area contributed by atoms with E-state index in [0.29, 0.717) is 12.3 Å². The molecule has 0 fully saturated rings. The second kappa shape index (κ2) is 6.15. The summed E-state index contributed by atoms with van der Waals surface area (Å²) in [7, 11) is 0. The number of hydrogen-bond donors (Lipinski definition) is 2.